The normalized spacial score (nSPS) is 18.6. The van der Waals surface area contributed by atoms with Crippen LogP contribution in [0.25, 0.3) is 0 Å². The predicted octanol–water partition coefficient (Wildman–Crippen LogP) is 2.03. The Bertz CT molecular complexity index is 384. The molecule has 0 aliphatic heterocycles. The van der Waals surface area contributed by atoms with Crippen LogP contribution in [0.15, 0.2) is 30.3 Å². The molecule has 0 amide bonds. The molecule has 1 unspecified atom stereocenters. The lowest BCUT2D eigenvalue weighted by atomic mass is 9.84. The second-order valence-corrected chi connectivity index (χ2v) is 4.95. The van der Waals surface area contributed by atoms with Crippen molar-refractivity contribution in [3.8, 4) is 0 Å². The van der Waals surface area contributed by atoms with Crippen LogP contribution in [0.1, 0.15) is 25.3 Å². The number of carbonyl (C=O) groups is 1. The first-order valence-electron chi connectivity index (χ1n) is 6.13. The van der Waals surface area contributed by atoms with Crippen LogP contribution in [0, 0.1) is 5.92 Å². The van der Waals surface area contributed by atoms with Gasteiger partial charge in [0, 0.05) is 0 Å². The van der Waals surface area contributed by atoms with Gasteiger partial charge in [0.05, 0.1) is 6.54 Å². The first kappa shape index (κ1) is 12.1. The lowest BCUT2D eigenvalue weighted by molar-refractivity contribution is -0.136. The van der Waals surface area contributed by atoms with Crippen LogP contribution in [0.4, 0.5) is 0 Å². The number of hydrogen-bond donors (Lipinski definition) is 2. The van der Waals surface area contributed by atoms with Crippen LogP contribution in [0.3, 0.4) is 0 Å². The monoisotopic (exact) mass is 233 g/mol. The third kappa shape index (κ3) is 2.67. The number of carboxylic acid groups (broad SMARTS) is 1. The van der Waals surface area contributed by atoms with Gasteiger partial charge in [0.1, 0.15) is 0 Å². The molecule has 3 nitrogen and oxygen atoms in total. The number of hydrogen-bond acceptors (Lipinski definition) is 2. The highest BCUT2D eigenvalue weighted by Crippen LogP contribution is 2.53. The van der Waals surface area contributed by atoms with E-state index in [-0.39, 0.29) is 12.0 Å². The second kappa shape index (κ2) is 4.88. The first-order chi connectivity index (χ1) is 8.15. The van der Waals surface area contributed by atoms with Gasteiger partial charge < -0.3 is 10.4 Å². The molecular weight excluding hydrogens is 214 g/mol. The van der Waals surface area contributed by atoms with Crippen molar-refractivity contribution in [3.05, 3.63) is 35.9 Å². The summed E-state index contributed by atoms with van der Waals surface area (Å²) >= 11 is 0. The van der Waals surface area contributed by atoms with E-state index in [0.29, 0.717) is 5.92 Å². The Morgan fingerprint density at radius 1 is 1.41 bits per heavy atom. The maximum Gasteiger partial charge on any atom is 0.317 e. The third-order valence-electron chi connectivity index (χ3n) is 3.81. The highest BCUT2D eigenvalue weighted by atomic mass is 16.4. The molecule has 1 atom stereocenters. The van der Waals surface area contributed by atoms with Gasteiger partial charge in [-0.15, -0.1) is 0 Å². The fourth-order valence-corrected chi connectivity index (χ4v) is 2.56. The Hall–Kier alpha value is -1.35. The van der Waals surface area contributed by atoms with E-state index >= 15 is 0 Å². The third-order valence-corrected chi connectivity index (χ3v) is 3.81. The zero-order valence-corrected chi connectivity index (χ0v) is 10.1. The van der Waals surface area contributed by atoms with E-state index in [4.69, 9.17) is 5.11 Å². The van der Waals surface area contributed by atoms with E-state index in [9.17, 15) is 4.79 Å². The van der Waals surface area contributed by atoms with Crippen molar-refractivity contribution in [3.63, 3.8) is 0 Å². The molecular formula is C14H19NO2. The molecule has 3 heteroatoms. The summed E-state index contributed by atoms with van der Waals surface area (Å²) in [6.07, 6.45) is 2.43. The summed E-state index contributed by atoms with van der Waals surface area (Å²) in [4.78, 5) is 10.5. The molecule has 1 aliphatic carbocycles. The van der Waals surface area contributed by atoms with E-state index in [2.05, 4.69) is 36.5 Å². The van der Waals surface area contributed by atoms with Gasteiger partial charge in [-0.3, -0.25) is 4.79 Å². The molecule has 0 aromatic heterocycles. The molecule has 2 N–H and O–H groups in total. The SMILES string of the molecule is CC(CNCC(=O)O)C1(c2ccccc2)CC1. The molecule has 0 saturated heterocycles. The molecule has 1 fully saturated rings. The maximum absolute atomic E-state index is 10.5. The van der Waals surface area contributed by atoms with E-state index in [0.717, 1.165) is 6.54 Å². The first-order valence-corrected chi connectivity index (χ1v) is 6.13. The molecule has 1 aromatic rings. The molecule has 0 spiro atoms. The van der Waals surface area contributed by atoms with Crippen LogP contribution in [-0.2, 0) is 10.2 Å². The average Bonchev–Trinajstić information content (AvgIpc) is 3.11. The van der Waals surface area contributed by atoms with Crippen LogP contribution in [0.5, 0.6) is 0 Å². The predicted molar refractivity (Wildman–Crippen MR) is 67.0 cm³/mol. The highest BCUT2D eigenvalue weighted by Gasteiger charge is 2.48. The lowest BCUT2D eigenvalue weighted by Gasteiger charge is -2.24. The van der Waals surface area contributed by atoms with Crippen LogP contribution in [-0.4, -0.2) is 24.2 Å². The summed E-state index contributed by atoms with van der Waals surface area (Å²) in [5.74, 6) is -0.314. The number of aliphatic carboxylic acids is 1. The Balaban J connectivity index is 1.95. The van der Waals surface area contributed by atoms with Gasteiger partial charge >= 0.3 is 5.97 Å². The van der Waals surface area contributed by atoms with Crippen LogP contribution >= 0.6 is 0 Å². The minimum Gasteiger partial charge on any atom is -0.480 e. The Labute approximate surface area is 102 Å². The van der Waals surface area contributed by atoms with Crippen molar-refractivity contribution in [2.24, 2.45) is 5.92 Å². The topological polar surface area (TPSA) is 49.3 Å². The molecule has 1 aliphatic rings. The number of benzene rings is 1. The van der Waals surface area contributed by atoms with Crippen molar-refractivity contribution in [1.82, 2.24) is 5.32 Å². The zero-order chi connectivity index (χ0) is 12.3. The van der Waals surface area contributed by atoms with Crippen molar-refractivity contribution < 1.29 is 9.90 Å². The molecule has 0 bridgehead atoms. The van der Waals surface area contributed by atoms with E-state index in [1.165, 1.54) is 18.4 Å². The van der Waals surface area contributed by atoms with Gasteiger partial charge in [0.15, 0.2) is 0 Å². The van der Waals surface area contributed by atoms with Gasteiger partial charge in [0.2, 0.25) is 0 Å². The van der Waals surface area contributed by atoms with Gasteiger partial charge in [-0.05, 0) is 36.3 Å². The standard InChI is InChI=1S/C14H19NO2/c1-11(9-15-10-13(16)17)14(7-8-14)12-5-3-2-4-6-12/h2-6,11,15H,7-10H2,1H3,(H,16,17). The smallest absolute Gasteiger partial charge is 0.317 e. The molecule has 1 aromatic carbocycles. The van der Waals surface area contributed by atoms with Crippen molar-refractivity contribution in [1.29, 1.82) is 0 Å². The van der Waals surface area contributed by atoms with Crippen LogP contribution < -0.4 is 5.32 Å². The Kier molecular flexibility index (Phi) is 3.48. The van der Waals surface area contributed by atoms with Gasteiger partial charge in [0.25, 0.3) is 0 Å². The van der Waals surface area contributed by atoms with E-state index in [1.54, 1.807) is 0 Å². The minimum absolute atomic E-state index is 0.0508. The molecule has 2 rings (SSSR count). The number of nitrogens with one attached hydrogen (secondary N) is 1. The van der Waals surface area contributed by atoms with Gasteiger partial charge in [-0.25, -0.2) is 0 Å². The number of carboxylic acids is 1. The minimum atomic E-state index is -0.790. The Morgan fingerprint density at radius 2 is 2.06 bits per heavy atom. The molecule has 17 heavy (non-hydrogen) atoms. The number of rotatable bonds is 6. The van der Waals surface area contributed by atoms with E-state index in [1.807, 2.05) is 6.07 Å². The van der Waals surface area contributed by atoms with E-state index < -0.39 is 5.97 Å². The van der Waals surface area contributed by atoms with Gasteiger partial charge in [-0.2, -0.15) is 0 Å². The lowest BCUT2D eigenvalue weighted by Crippen LogP contribution is -2.32. The summed E-state index contributed by atoms with van der Waals surface area (Å²) in [5, 5.41) is 11.6. The summed E-state index contributed by atoms with van der Waals surface area (Å²) in [6, 6.07) is 10.5. The maximum atomic E-state index is 10.5. The second-order valence-electron chi connectivity index (χ2n) is 4.95. The summed E-state index contributed by atoms with van der Waals surface area (Å²) in [7, 11) is 0. The summed E-state index contributed by atoms with van der Waals surface area (Å²) in [6.45, 7) is 3.02. The fourth-order valence-electron chi connectivity index (χ4n) is 2.56. The van der Waals surface area contributed by atoms with Crippen LogP contribution in [0.2, 0.25) is 0 Å². The average molecular weight is 233 g/mol. The largest absolute Gasteiger partial charge is 0.480 e. The van der Waals surface area contributed by atoms with Crippen molar-refractivity contribution >= 4 is 5.97 Å². The van der Waals surface area contributed by atoms with Gasteiger partial charge in [-0.1, -0.05) is 37.3 Å². The molecule has 1 saturated carbocycles. The quantitative estimate of drug-likeness (QED) is 0.790. The molecule has 0 radical (unpaired) electrons. The molecule has 0 heterocycles. The van der Waals surface area contributed by atoms with Crippen molar-refractivity contribution in [2.45, 2.75) is 25.2 Å². The summed E-state index contributed by atoms with van der Waals surface area (Å²) in [5.41, 5.74) is 1.68. The summed E-state index contributed by atoms with van der Waals surface area (Å²) < 4.78 is 0. The van der Waals surface area contributed by atoms with Crippen molar-refractivity contribution in [2.75, 3.05) is 13.1 Å². The molecule has 92 valence electrons. The highest BCUT2D eigenvalue weighted by molar-refractivity contribution is 5.68. The Morgan fingerprint density at radius 3 is 2.59 bits per heavy atom. The fraction of sp³-hybridized carbons (Fsp3) is 0.500. The zero-order valence-electron chi connectivity index (χ0n) is 10.1.